The number of hydrogen-bond acceptors (Lipinski definition) is 3. The van der Waals surface area contributed by atoms with E-state index in [9.17, 15) is 9.59 Å². The molecule has 2 aromatic rings. The summed E-state index contributed by atoms with van der Waals surface area (Å²) in [6, 6.07) is 10.1. The maximum Gasteiger partial charge on any atom is 0.335 e. The van der Waals surface area contributed by atoms with Crippen LogP contribution in [0.25, 0.3) is 0 Å². The molecule has 0 radical (unpaired) electrons. The van der Waals surface area contributed by atoms with Crippen LogP contribution in [-0.4, -0.2) is 22.5 Å². The molecule has 0 fully saturated rings. The average molecular weight is 270 g/mol. The second kappa shape index (κ2) is 5.97. The van der Waals surface area contributed by atoms with Crippen molar-refractivity contribution in [3.05, 3.63) is 59.4 Å². The summed E-state index contributed by atoms with van der Waals surface area (Å²) in [5.74, 6) is -0.966. The number of rotatable bonds is 5. The van der Waals surface area contributed by atoms with Gasteiger partial charge in [-0.25, -0.2) is 4.79 Å². The van der Waals surface area contributed by atoms with E-state index in [1.54, 1.807) is 18.3 Å². The number of hydrogen-bond donors (Lipinski definition) is 1. The Balaban J connectivity index is 2.15. The Kier molecular flexibility index (Phi) is 4.10. The number of carbonyl (C=O) groups excluding carboxylic acids is 1. The van der Waals surface area contributed by atoms with Gasteiger partial charge < -0.3 is 10.0 Å². The van der Waals surface area contributed by atoms with Gasteiger partial charge in [-0.15, -0.1) is 0 Å². The minimum atomic E-state index is -0.966. The highest BCUT2D eigenvalue weighted by molar-refractivity contribution is 5.87. The lowest BCUT2D eigenvalue weighted by Gasteiger charge is -2.17. The van der Waals surface area contributed by atoms with E-state index in [-0.39, 0.29) is 5.56 Å². The number of aromatic carboxylic acids is 1. The molecule has 5 nitrogen and oxygen atoms in total. The summed E-state index contributed by atoms with van der Waals surface area (Å²) >= 11 is 0. The van der Waals surface area contributed by atoms with Gasteiger partial charge in [0.25, 0.3) is 0 Å². The Morgan fingerprint density at radius 3 is 2.45 bits per heavy atom. The number of aromatic nitrogens is 1. The zero-order chi connectivity index (χ0) is 14.5. The molecule has 0 aliphatic rings. The van der Waals surface area contributed by atoms with Crippen molar-refractivity contribution in [3.8, 4) is 0 Å². The van der Waals surface area contributed by atoms with Crippen molar-refractivity contribution in [2.45, 2.75) is 13.5 Å². The number of carboxylic acids is 1. The van der Waals surface area contributed by atoms with Gasteiger partial charge in [0.1, 0.15) is 0 Å². The van der Waals surface area contributed by atoms with Gasteiger partial charge in [0.15, 0.2) is 0 Å². The highest BCUT2D eigenvalue weighted by Gasteiger charge is 2.08. The molecular formula is C15H14N2O3. The Bertz CT molecular complexity index is 606. The molecule has 0 aliphatic carbocycles. The molecule has 1 N–H and O–H groups in total. The number of benzene rings is 1. The van der Waals surface area contributed by atoms with Crippen molar-refractivity contribution in [1.29, 1.82) is 0 Å². The first kappa shape index (κ1) is 13.7. The van der Waals surface area contributed by atoms with Crippen LogP contribution in [0.15, 0.2) is 42.6 Å². The van der Waals surface area contributed by atoms with Crippen molar-refractivity contribution < 1.29 is 14.7 Å². The lowest BCUT2D eigenvalue weighted by molar-refractivity contribution is -0.107. The largest absolute Gasteiger partial charge is 0.478 e. The third kappa shape index (κ3) is 3.20. The first-order chi connectivity index (χ1) is 9.60. The smallest absolute Gasteiger partial charge is 0.335 e. The van der Waals surface area contributed by atoms with Gasteiger partial charge in [0.05, 0.1) is 24.0 Å². The molecule has 0 saturated carbocycles. The molecule has 0 atom stereocenters. The maximum atomic E-state index is 11.2. The third-order valence-corrected chi connectivity index (χ3v) is 2.91. The van der Waals surface area contributed by atoms with E-state index < -0.39 is 5.97 Å². The number of nitrogens with zero attached hydrogens (tertiary/aromatic N) is 2. The van der Waals surface area contributed by atoms with E-state index in [0.29, 0.717) is 12.2 Å². The molecule has 1 aromatic heterocycles. The molecule has 0 saturated heterocycles. The second-order valence-corrected chi connectivity index (χ2v) is 4.39. The van der Waals surface area contributed by atoms with Crippen LogP contribution in [0.4, 0.5) is 5.69 Å². The summed E-state index contributed by atoms with van der Waals surface area (Å²) in [5, 5.41) is 8.83. The van der Waals surface area contributed by atoms with E-state index in [0.717, 1.165) is 17.7 Å². The molecule has 2 rings (SSSR count). The topological polar surface area (TPSA) is 70.5 Å². The van der Waals surface area contributed by atoms with Crippen LogP contribution in [0.2, 0.25) is 0 Å². The lowest BCUT2D eigenvalue weighted by Crippen LogP contribution is -2.20. The van der Waals surface area contributed by atoms with Crippen molar-refractivity contribution in [1.82, 2.24) is 4.98 Å². The molecule has 0 aliphatic heterocycles. The van der Waals surface area contributed by atoms with Crippen molar-refractivity contribution in [2.24, 2.45) is 0 Å². The van der Waals surface area contributed by atoms with Crippen molar-refractivity contribution >= 4 is 18.1 Å². The quantitative estimate of drug-likeness (QED) is 0.846. The van der Waals surface area contributed by atoms with E-state index >= 15 is 0 Å². The molecule has 20 heavy (non-hydrogen) atoms. The maximum absolute atomic E-state index is 11.2. The molecule has 1 heterocycles. The Labute approximate surface area is 116 Å². The summed E-state index contributed by atoms with van der Waals surface area (Å²) < 4.78 is 0. The molecule has 1 aromatic carbocycles. The van der Waals surface area contributed by atoms with Crippen molar-refractivity contribution in [3.63, 3.8) is 0 Å². The fourth-order valence-electron chi connectivity index (χ4n) is 1.77. The molecule has 0 bridgehead atoms. The average Bonchev–Trinajstić information content (AvgIpc) is 2.46. The zero-order valence-corrected chi connectivity index (χ0v) is 11.0. The summed E-state index contributed by atoms with van der Waals surface area (Å²) in [6.45, 7) is 2.24. The minimum absolute atomic E-state index is 0.225. The van der Waals surface area contributed by atoms with Crippen LogP contribution in [0, 0.1) is 6.92 Å². The summed E-state index contributed by atoms with van der Waals surface area (Å²) in [6.07, 6.45) is 2.37. The predicted molar refractivity (Wildman–Crippen MR) is 74.6 cm³/mol. The lowest BCUT2D eigenvalue weighted by atomic mass is 10.1. The Morgan fingerprint density at radius 1 is 1.25 bits per heavy atom. The fraction of sp³-hybridized carbons (Fsp3) is 0.133. The zero-order valence-electron chi connectivity index (χ0n) is 11.0. The number of carboxylic acid groups (broad SMARTS) is 1. The van der Waals surface area contributed by atoms with E-state index in [4.69, 9.17) is 5.11 Å². The van der Waals surface area contributed by atoms with Crippen LogP contribution in [0.3, 0.4) is 0 Å². The predicted octanol–water partition coefficient (Wildman–Crippen LogP) is 2.25. The van der Waals surface area contributed by atoms with Crippen LogP contribution in [0.5, 0.6) is 0 Å². The van der Waals surface area contributed by atoms with Gasteiger partial charge in [0, 0.05) is 5.69 Å². The third-order valence-electron chi connectivity index (χ3n) is 2.91. The molecule has 5 heteroatoms. The SMILES string of the molecule is Cc1ccc(N(C=O)Cc2ccc(C(=O)O)cc2)cn1. The van der Waals surface area contributed by atoms with Crippen LogP contribution in [0.1, 0.15) is 21.6 Å². The molecular weight excluding hydrogens is 256 g/mol. The summed E-state index contributed by atoms with van der Waals surface area (Å²) in [4.78, 5) is 27.6. The molecule has 0 unspecified atom stereocenters. The standard InChI is InChI=1S/C15H14N2O3/c1-11-2-7-14(8-16-11)17(10-18)9-12-3-5-13(6-4-12)15(19)20/h2-8,10H,9H2,1H3,(H,19,20). The van der Waals surface area contributed by atoms with Crippen LogP contribution < -0.4 is 4.90 Å². The summed E-state index contributed by atoms with van der Waals surface area (Å²) in [7, 11) is 0. The molecule has 1 amide bonds. The van der Waals surface area contributed by atoms with Crippen LogP contribution in [-0.2, 0) is 11.3 Å². The van der Waals surface area contributed by atoms with Crippen LogP contribution >= 0.6 is 0 Å². The van der Waals surface area contributed by atoms with Gasteiger partial charge >= 0.3 is 5.97 Å². The number of amides is 1. The van der Waals surface area contributed by atoms with E-state index in [2.05, 4.69) is 4.98 Å². The monoisotopic (exact) mass is 270 g/mol. The van der Waals surface area contributed by atoms with Gasteiger partial charge in [-0.3, -0.25) is 9.78 Å². The highest BCUT2D eigenvalue weighted by atomic mass is 16.4. The van der Waals surface area contributed by atoms with Gasteiger partial charge in [-0.2, -0.15) is 0 Å². The minimum Gasteiger partial charge on any atom is -0.478 e. The van der Waals surface area contributed by atoms with Crippen molar-refractivity contribution in [2.75, 3.05) is 4.90 Å². The number of pyridine rings is 1. The normalized spacial score (nSPS) is 10.1. The second-order valence-electron chi connectivity index (χ2n) is 4.39. The summed E-state index contributed by atoms with van der Waals surface area (Å²) in [5.41, 5.74) is 2.66. The van der Waals surface area contributed by atoms with Gasteiger partial charge in [-0.1, -0.05) is 12.1 Å². The number of carbonyl (C=O) groups is 2. The Morgan fingerprint density at radius 2 is 1.95 bits per heavy atom. The molecule has 0 spiro atoms. The van der Waals surface area contributed by atoms with Gasteiger partial charge in [0.2, 0.25) is 6.41 Å². The number of anilines is 1. The molecule has 102 valence electrons. The van der Waals surface area contributed by atoms with E-state index in [1.807, 2.05) is 19.1 Å². The van der Waals surface area contributed by atoms with Gasteiger partial charge in [-0.05, 0) is 36.8 Å². The van der Waals surface area contributed by atoms with E-state index in [1.165, 1.54) is 17.0 Å². The fourth-order valence-corrected chi connectivity index (χ4v) is 1.77. The Hall–Kier alpha value is -2.69. The first-order valence-electron chi connectivity index (χ1n) is 6.07. The number of aryl methyl sites for hydroxylation is 1. The first-order valence-corrected chi connectivity index (χ1v) is 6.07. The highest BCUT2D eigenvalue weighted by Crippen LogP contribution is 2.15.